The Kier molecular flexibility index (Phi) is 3.92. The average molecular weight is 214 g/mol. The van der Waals surface area contributed by atoms with Crippen molar-refractivity contribution in [2.45, 2.75) is 0 Å². The lowest BCUT2D eigenvalue weighted by Crippen LogP contribution is -2.18. The average Bonchev–Trinajstić information content (AvgIpc) is 2.17. The molecule has 0 aliphatic heterocycles. The fourth-order valence-electron chi connectivity index (χ4n) is 1.10. The van der Waals surface area contributed by atoms with Crippen LogP contribution < -0.4 is 10.1 Å². The summed E-state index contributed by atoms with van der Waals surface area (Å²) in [6.45, 7) is 0.284. The van der Waals surface area contributed by atoms with Crippen LogP contribution in [0.5, 0.6) is 5.75 Å². The van der Waals surface area contributed by atoms with Crippen LogP contribution in [0.15, 0.2) is 18.2 Å². The van der Waals surface area contributed by atoms with Crippen molar-refractivity contribution in [2.75, 3.05) is 20.7 Å². The number of carbonyl (C=O) groups excluding carboxylic acids is 1. The van der Waals surface area contributed by atoms with Gasteiger partial charge in [0.1, 0.15) is 5.75 Å². The third-order valence-electron chi connectivity index (χ3n) is 1.81. The monoisotopic (exact) mass is 213 g/mol. The Bertz CT molecular complexity index is 339. The fourth-order valence-corrected chi connectivity index (χ4v) is 1.38. The first-order chi connectivity index (χ1) is 6.69. The molecule has 1 aromatic rings. The van der Waals surface area contributed by atoms with Crippen molar-refractivity contribution in [2.24, 2.45) is 0 Å². The van der Waals surface area contributed by atoms with Gasteiger partial charge in [-0.1, -0.05) is 11.6 Å². The Balaban J connectivity index is 2.94. The Morgan fingerprint density at radius 2 is 2.29 bits per heavy atom. The van der Waals surface area contributed by atoms with Gasteiger partial charge in [-0.05, 0) is 25.2 Å². The molecule has 1 N–H and O–H groups in total. The number of methoxy groups -OCH3 is 1. The van der Waals surface area contributed by atoms with E-state index in [-0.39, 0.29) is 12.3 Å². The molecule has 0 aliphatic rings. The highest BCUT2D eigenvalue weighted by atomic mass is 35.5. The summed E-state index contributed by atoms with van der Waals surface area (Å²) >= 11 is 5.91. The molecule has 0 fully saturated rings. The van der Waals surface area contributed by atoms with E-state index < -0.39 is 0 Å². The maximum absolute atomic E-state index is 11.5. The minimum Gasteiger partial charge on any atom is -0.497 e. The van der Waals surface area contributed by atoms with Gasteiger partial charge < -0.3 is 10.1 Å². The van der Waals surface area contributed by atoms with E-state index in [1.807, 2.05) is 0 Å². The second kappa shape index (κ2) is 4.98. The van der Waals surface area contributed by atoms with Crippen LogP contribution in [0.1, 0.15) is 10.4 Å². The molecular weight excluding hydrogens is 202 g/mol. The van der Waals surface area contributed by atoms with Crippen molar-refractivity contribution in [3.8, 4) is 5.75 Å². The summed E-state index contributed by atoms with van der Waals surface area (Å²) in [4.78, 5) is 11.5. The van der Waals surface area contributed by atoms with Crippen LogP contribution in [0.3, 0.4) is 0 Å². The molecule has 1 aromatic carbocycles. The minimum atomic E-state index is -0.0276. The molecule has 0 saturated heterocycles. The van der Waals surface area contributed by atoms with Gasteiger partial charge in [0.05, 0.1) is 18.7 Å². The van der Waals surface area contributed by atoms with E-state index in [1.165, 1.54) is 0 Å². The second-order valence-corrected chi connectivity index (χ2v) is 3.21. The number of benzene rings is 1. The second-order valence-electron chi connectivity index (χ2n) is 2.80. The molecule has 3 nitrogen and oxygen atoms in total. The summed E-state index contributed by atoms with van der Waals surface area (Å²) in [5, 5.41) is 3.20. The van der Waals surface area contributed by atoms with Gasteiger partial charge >= 0.3 is 0 Å². The molecule has 0 atom stereocenters. The van der Waals surface area contributed by atoms with Gasteiger partial charge in [0.2, 0.25) is 0 Å². The van der Waals surface area contributed by atoms with Gasteiger partial charge in [-0.25, -0.2) is 0 Å². The van der Waals surface area contributed by atoms with E-state index in [0.717, 1.165) is 0 Å². The van der Waals surface area contributed by atoms with Gasteiger partial charge in [0.15, 0.2) is 5.78 Å². The van der Waals surface area contributed by atoms with Crippen LogP contribution in [-0.2, 0) is 0 Å². The SMILES string of the molecule is CNCC(=O)c1ccc(OC)cc1Cl. The molecule has 0 amide bonds. The van der Waals surface area contributed by atoms with E-state index in [1.54, 1.807) is 32.4 Å². The number of ketones is 1. The number of hydrogen-bond acceptors (Lipinski definition) is 3. The van der Waals surface area contributed by atoms with Crippen molar-refractivity contribution in [3.05, 3.63) is 28.8 Å². The van der Waals surface area contributed by atoms with Crippen LogP contribution in [-0.4, -0.2) is 26.5 Å². The Labute approximate surface area is 88.0 Å². The quantitative estimate of drug-likeness (QED) is 0.775. The molecule has 0 bridgehead atoms. The lowest BCUT2D eigenvalue weighted by Gasteiger charge is -2.05. The summed E-state index contributed by atoms with van der Waals surface area (Å²) < 4.78 is 4.98. The highest BCUT2D eigenvalue weighted by molar-refractivity contribution is 6.34. The van der Waals surface area contributed by atoms with Gasteiger partial charge in [0, 0.05) is 5.56 Å². The van der Waals surface area contributed by atoms with Crippen molar-refractivity contribution in [3.63, 3.8) is 0 Å². The highest BCUT2D eigenvalue weighted by Gasteiger charge is 2.09. The van der Waals surface area contributed by atoms with Crippen LogP contribution in [0.2, 0.25) is 5.02 Å². The first kappa shape index (κ1) is 11.0. The molecule has 1 rings (SSSR count). The number of nitrogens with one attached hydrogen (secondary N) is 1. The van der Waals surface area contributed by atoms with Crippen molar-refractivity contribution >= 4 is 17.4 Å². The summed E-state index contributed by atoms with van der Waals surface area (Å²) in [5.74, 6) is 0.621. The Hall–Kier alpha value is -1.06. The van der Waals surface area contributed by atoms with Crippen LogP contribution in [0, 0.1) is 0 Å². The summed E-state index contributed by atoms with van der Waals surface area (Å²) in [6.07, 6.45) is 0. The predicted octanol–water partition coefficient (Wildman–Crippen LogP) is 1.75. The summed E-state index contributed by atoms with van der Waals surface area (Å²) in [7, 11) is 3.27. The van der Waals surface area contributed by atoms with Crippen molar-refractivity contribution in [1.82, 2.24) is 5.32 Å². The van der Waals surface area contributed by atoms with E-state index >= 15 is 0 Å². The van der Waals surface area contributed by atoms with E-state index in [2.05, 4.69) is 5.32 Å². The molecule has 0 saturated carbocycles. The smallest absolute Gasteiger partial charge is 0.178 e. The molecule has 0 aliphatic carbocycles. The number of hydrogen-bond donors (Lipinski definition) is 1. The zero-order chi connectivity index (χ0) is 10.6. The maximum atomic E-state index is 11.5. The molecule has 4 heteroatoms. The fraction of sp³-hybridized carbons (Fsp3) is 0.300. The van der Waals surface area contributed by atoms with Gasteiger partial charge in [-0.3, -0.25) is 4.79 Å². The number of halogens is 1. The van der Waals surface area contributed by atoms with Gasteiger partial charge in [-0.15, -0.1) is 0 Å². The topological polar surface area (TPSA) is 38.3 Å². The Morgan fingerprint density at radius 1 is 1.57 bits per heavy atom. The number of rotatable bonds is 4. The zero-order valence-electron chi connectivity index (χ0n) is 8.13. The first-order valence-corrected chi connectivity index (χ1v) is 4.58. The van der Waals surface area contributed by atoms with Crippen molar-refractivity contribution < 1.29 is 9.53 Å². The van der Waals surface area contributed by atoms with Crippen LogP contribution in [0.4, 0.5) is 0 Å². The molecular formula is C10H12ClNO2. The normalized spacial score (nSPS) is 9.93. The lowest BCUT2D eigenvalue weighted by atomic mass is 10.1. The summed E-state index contributed by atoms with van der Waals surface area (Å²) in [6, 6.07) is 5.01. The molecule has 14 heavy (non-hydrogen) atoms. The largest absolute Gasteiger partial charge is 0.497 e. The van der Waals surface area contributed by atoms with Crippen LogP contribution >= 0.6 is 11.6 Å². The third-order valence-corrected chi connectivity index (χ3v) is 2.13. The minimum absolute atomic E-state index is 0.0276. The van der Waals surface area contributed by atoms with E-state index in [4.69, 9.17) is 16.3 Å². The highest BCUT2D eigenvalue weighted by Crippen LogP contribution is 2.22. The van der Waals surface area contributed by atoms with E-state index in [0.29, 0.717) is 16.3 Å². The first-order valence-electron chi connectivity index (χ1n) is 4.20. The van der Waals surface area contributed by atoms with E-state index in [9.17, 15) is 4.79 Å². The standard InChI is InChI=1S/C10H12ClNO2/c1-12-6-10(13)8-4-3-7(14-2)5-9(8)11/h3-5,12H,6H2,1-2H3. The molecule has 0 unspecified atom stereocenters. The van der Waals surface area contributed by atoms with Crippen LogP contribution in [0.25, 0.3) is 0 Å². The number of carbonyl (C=O) groups is 1. The maximum Gasteiger partial charge on any atom is 0.178 e. The predicted molar refractivity (Wildman–Crippen MR) is 56.3 cm³/mol. The molecule has 0 heterocycles. The van der Waals surface area contributed by atoms with Gasteiger partial charge in [-0.2, -0.15) is 0 Å². The molecule has 0 aromatic heterocycles. The third kappa shape index (κ3) is 2.47. The zero-order valence-corrected chi connectivity index (χ0v) is 8.89. The number of ether oxygens (including phenoxy) is 1. The van der Waals surface area contributed by atoms with Crippen molar-refractivity contribution in [1.29, 1.82) is 0 Å². The lowest BCUT2D eigenvalue weighted by molar-refractivity contribution is 0.0993. The molecule has 0 radical (unpaired) electrons. The molecule has 0 spiro atoms. The van der Waals surface area contributed by atoms with Gasteiger partial charge in [0.25, 0.3) is 0 Å². The number of likely N-dealkylation sites (N-methyl/N-ethyl adjacent to an activating group) is 1. The number of Topliss-reactive ketones (excluding diaryl/α,β-unsaturated/α-hetero) is 1. The Morgan fingerprint density at radius 3 is 2.79 bits per heavy atom. The summed E-state index contributed by atoms with van der Waals surface area (Å²) in [5.41, 5.74) is 0.516. The molecule has 76 valence electrons.